The molecule has 0 saturated carbocycles. The molecule has 1 atom stereocenters. The molecule has 0 bridgehead atoms. The van der Waals surface area contributed by atoms with Crippen LogP contribution in [-0.2, 0) is 14.6 Å². The van der Waals surface area contributed by atoms with Crippen molar-refractivity contribution in [3.05, 3.63) is 36.5 Å². The number of benzene rings is 1. The second-order valence-electron chi connectivity index (χ2n) is 6.29. The van der Waals surface area contributed by atoms with E-state index in [1.165, 1.54) is 0 Å². The van der Waals surface area contributed by atoms with Crippen molar-refractivity contribution in [3.8, 4) is 0 Å². The number of carbonyl (C=O) groups is 1. The Morgan fingerprint density at radius 2 is 2.12 bits per heavy atom. The largest absolute Gasteiger partial charge is 0.383 e. The van der Waals surface area contributed by atoms with Crippen molar-refractivity contribution in [1.82, 2.24) is 9.88 Å². The number of nitrogens with zero attached hydrogens (tertiary/aromatic N) is 2. The minimum atomic E-state index is -2.99. The van der Waals surface area contributed by atoms with Crippen molar-refractivity contribution in [2.24, 2.45) is 0 Å². The summed E-state index contributed by atoms with van der Waals surface area (Å²) in [7, 11) is -2.99. The first-order valence-corrected chi connectivity index (χ1v) is 10.4. The van der Waals surface area contributed by atoms with E-state index >= 15 is 0 Å². The van der Waals surface area contributed by atoms with Crippen LogP contribution in [0.4, 0.5) is 5.69 Å². The fourth-order valence-corrected chi connectivity index (χ4v) is 5.08. The average Bonchev–Trinajstić information content (AvgIpc) is 2.95. The number of aromatic nitrogens is 1. The van der Waals surface area contributed by atoms with E-state index in [1.807, 2.05) is 37.3 Å². The number of nitrogens with one attached hydrogen (secondary N) is 1. The van der Waals surface area contributed by atoms with Crippen molar-refractivity contribution < 1.29 is 13.2 Å². The van der Waals surface area contributed by atoms with Crippen molar-refractivity contribution >= 4 is 32.3 Å². The van der Waals surface area contributed by atoms with Crippen molar-refractivity contribution in [2.45, 2.75) is 25.8 Å². The topological polar surface area (TPSA) is 79.4 Å². The second kappa shape index (κ2) is 7.39. The number of rotatable bonds is 6. The van der Waals surface area contributed by atoms with Gasteiger partial charge in [-0.15, -0.1) is 0 Å². The highest BCUT2D eigenvalue weighted by molar-refractivity contribution is 7.91. The molecule has 1 aliphatic rings. The van der Waals surface area contributed by atoms with Crippen molar-refractivity contribution in [2.75, 3.05) is 29.9 Å². The van der Waals surface area contributed by atoms with Gasteiger partial charge in [-0.2, -0.15) is 0 Å². The van der Waals surface area contributed by atoms with Gasteiger partial charge in [0.25, 0.3) is 0 Å². The third-order valence-electron chi connectivity index (χ3n) is 4.60. The van der Waals surface area contributed by atoms with Gasteiger partial charge in [-0.3, -0.25) is 9.78 Å². The average molecular weight is 361 g/mol. The van der Waals surface area contributed by atoms with Gasteiger partial charge in [-0.1, -0.05) is 18.2 Å². The van der Waals surface area contributed by atoms with E-state index in [9.17, 15) is 13.2 Å². The Morgan fingerprint density at radius 3 is 2.84 bits per heavy atom. The molecule has 3 rings (SSSR count). The highest BCUT2D eigenvalue weighted by atomic mass is 32.2. The predicted molar refractivity (Wildman–Crippen MR) is 99.3 cm³/mol. The first-order valence-electron chi connectivity index (χ1n) is 8.57. The lowest BCUT2D eigenvalue weighted by atomic mass is 10.2. The maximum absolute atomic E-state index is 12.5. The monoisotopic (exact) mass is 361 g/mol. The van der Waals surface area contributed by atoms with Gasteiger partial charge in [0.15, 0.2) is 9.84 Å². The summed E-state index contributed by atoms with van der Waals surface area (Å²) in [6.45, 7) is 2.92. The Balaban J connectivity index is 1.60. The second-order valence-corrected chi connectivity index (χ2v) is 8.52. The molecule has 7 heteroatoms. The number of hydrogen-bond donors (Lipinski definition) is 1. The summed E-state index contributed by atoms with van der Waals surface area (Å²) in [4.78, 5) is 18.6. The Bertz CT molecular complexity index is 862. The zero-order valence-corrected chi connectivity index (χ0v) is 15.1. The maximum atomic E-state index is 12.5. The van der Waals surface area contributed by atoms with E-state index < -0.39 is 9.84 Å². The Morgan fingerprint density at radius 1 is 1.32 bits per heavy atom. The van der Waals surface area contributed by atoms with Crippen LogP contribution in [-0.4, -0.2) is 54.8 Å². The molecular weight excluding hydrogens is 338 g/mol. The number of fused-ring (bicyclic) bond motifs is 1. The maximum Gasteiger partial charge on any atom is 0.224 e. The van der Waals surface area contributed by atoms with Crippen LogP contribution in [0.2, 0.25) is 0 Å². The number of hydrogen-bond acceptors (Lipinski definition) is 5. The molecule has 0 spiro atoms. The van der Waals surface area contributed by atoms with Crippen LogP contribution in [0, 0.1) is 0 Å². The normalized spacial score (nSPS) is 19.0. The summed E-state index contributed by atoms with van der Waals surface area (Å²) < 4.78 is 23.3. The Hall–Kier alpha value is -2.15. The number of pyridine rings is 1. The summed E-state index contributed by atoms with van der Waals surface area (Å²) in [6.07, 6.45) is 2.62. The number of para-hydroxylation sites is 1. The molecule has 0 aliphatic carbocycles. The zero-order valence-electron chi connectivity index (χ0n) is 14.3. The van der Waals surface area contributed by atoms with Crippen LogP contribution in [0.15, 0.2) is 36.5 Å². The standard InChI is InChI=1S/C18H23N3O3S/c1-2-21(15-9-12-25(23,24)13-15)17(22)8-11-19-16-7-3-5-14-6-4-10-20-18(14)16/h3-7,10,15,19H,2,8-9,11-13H2,1H3. The summed E-state index contributed by atoms with van der Waals surface area (Å²) in [6, 6.07) is 9.61. The number of anilines is 1. The van der Waals surface area contributed by atoms with Gasteiger partial charge in [0.2, 0.25) is 5.91 Å². The van der Waals surface area contributed by atoms with Gasteiger partial charge < -0.3 is 10.2 Å². The molecule has 1 aliphatic heterocycles. The summed E-state index contributed by atoms with van der Waals surface area (Å²) in [5, 5.41) is 4.32. The van der Waals surface area contributed by atoms with E-state index in [0.717, 1.165) is 16.6 Å². The molecule has 6 nitrogen and oxygen atoms in total. The smallest absolute Gasteiger partial charge is 0.224 e. The van der Waals surface area contributed by atoms with E-state index in [-0.39, 0.29) is 23.5 Å². The molecule has 1 unspecified atom stereocenters. The molecule has 134 valence electrons. The van der Waals surface area contributed by atoms with E-state index in [1.54, 1.807) is 11.1 Å². The lowest BCUT2D eigenvalue weighted by Crippen LogP contribution is -2.41. The molecule has 2 heterocycles. The van der Waals surface area contributed by atoms with Crippen LogP contribution in [0.5, 0.6) is 0 Å². The molecule has 25 heavy (non-hydrogen) atoms. The Kier molecular flexibility index (Phi) is 5.22. The van der Waals surface area contributed by atoms with Crippen LogP contribution >= 0.6 is 0 Å². The third kappa shape index (κ3) is 4.10. The van der Waals surface area contributed by atoms with E-state index in [4.69, 9.17) is 0 Å². The quantitative estimate of drug-likeness (QED) is 0.852. The third-order valence-corrected chi connectivity index (χ3v) is 6.35. The van der Waals surface area contributed by atoms with E-state index in [0.29, 0.717) is 25.9 Å². The Labute approximate surface area is 148 Å². The summed E-state index contributed by atoms with van der Waals surface area (Å²) in [5.74, 6) is 0.263. The molecule has 1 fully saturated rings. The molecule has 2 aromatic rings. The van der Waals surface area contributed by atoms with Crippen molar-refractivity contribution in [1.29, 1.82) is 0 Å². The fourth-order valence-electron chi connectivity index (χ4n) is 3.35. The lowest BCUT2D eigenvalue weighted by Gasteiger charge is -2.27. The summed E-state index contributed by atoms with van der Waals surface area (Å²) in [5.41, 5.74) is 1.78. The molecule has 1 N–H and O–H groups in total. The minimum Gasteiger partial charge on any atom is -0.383 e. The van der Waals surface area contributed by atoms with Gasteiger partial charge in [0.05, 0.1) is 22.7 Å². The van der Waals surface area contributed by atoms with Gasteiger partial charge in [-0.05, 0) is 25.5 Å². The fraction of sp³-hybridized carbons (Fsp3) is 0.444. The predicted octanol–water partition coefficient (Wildman–Crippen LogP) is 2.07. The first-order chi connectivity index (χ1) is 12.0. The molecular formula is C18H23N3O3S. The lowest BCUT2D eigenvalue weighted by molar-refractivity contribution is -0.132. The molecule has 1 aromatic carbocycles. The first kappa shape index (κ1) is 17.7. The van der Waals surface area contributed by atoms with Crippen LogP contribution in [0.3, 0.4) is 0 Å². The zero-order chi connectivity index (χ0) is 17.9. The minimum absolute atomic E-state index is 0.00899. The number of sulfone groups is 1. The van der Waals surface area contributed by atoms with Gasteiger partial charge >= 0.3 is 0 Å². The SMILES string of the molecule is CCN(C(=O)CCNc1cccc2cccnc12)C1CCS(=O)(=O)C1. The highest BCUT2D eigenvalue weighted by Crippen LogP contribution is 2.21. The molecule has 1 saturated heterocycles. The van der Waals surface area contributed by atoms with Gasteiger partial charge in [0.1, 0.15) is 0 Å². The van der Waals surface area contributed by atoms with Crippen LogP contribution in [0.25, 0.3) is 10.9 Å². The summed E-state index contributed by atoms with van der Waals surface area (Å²) >= 11 is 0. The molecule has 0 radical (unpaired) electrons. The highest BCUT2D eigenvalue weighted by Gasteiger charge is 2.33. The van der Waals surface area contributed by atoms with Crippen LogP contribution in [0.1, 0.15) is 19.8 Å². The van der Waals surface area contributed by atoms with Gasteiger partial charge in [-0.25, -0.2) is 8.42 Å². The molecule has 1 aromatic heterocycles. The number of amides is 1. The van der Waals surface area contributed by atoms with Crippen LogP contribution < -0.4 is 5.32 Å². The molecule has 1 amide bonds. The van der Waals surface area contributed by atoms with Gasteiger partial charge in [0, 0.05) is 37.1 Å². The number of carbonyl (C=O) groups excluding carboxylic acids is 1. The van der Waals surface area contributed by atoms with Crippen molar-refractivity contribution in [3.63, 3.8) is 0 Å². The van der Waals surface area contributed by atoms with E-state index in [2.05, 4.69) is 10.3 Å².